The lowest BCUT2D eigenvalue weighted by Crippen LogP contribution is -2.32. The Bertz CT molecular complexity index is 961. The van der Waals surface area contributed by atoms with E-state index in [-0.39, 0.29) is 12.4 Å². The Balaban J connectivity index is 1.74. The Morgan fingerprint density at radius 3 is 2.27 bits per heavy atom. The Morgan fingerprint density at radius 2 is 1.65 bits per heavy atom. The van der Waals surface area contributed by atoms with E-state index in [4.69, 9.17) is 0 Å². The molecule has 2 N–H and O–H groups in total. The molecule has 138 valence electrons. The van der Waals surface area contributed by atoms with Gasteiger partial charge in [0.05, 0.1) is 11.4 Å². The first-order valence-corrected chi connectivity index (χ1v) is 9.26. The number of carbonyl (C=O) groups excluding carboxylic acids is 1. The van der Waals surface area contributed by atoms with E-state index >= 15 is 0 Å². The summed E-state index contributed by atoms with van der Waals surface area (Å²) in [5, 5.41) is 5.40. The minimum absolute atomic E-state index is 0.243. The Labute approximate surface area is 151 Å². The van der Waals surface area contributed by atoms with Crippen LogP contribution in [0.4, 0.5) is 26.2 Å². The molecule has 2 aromatic rings. The molecule has 2 aromatic carbocycles. The number of hydrogen-bond donors (Lipinski definition) is 2. The van der Waals surface area contributed by atoms with E-state index in [0.717, 1.165) is 11.1 Å². The summed E-state index contributed by atoms with van der Waals surface area (Å²) < 4.78 is 39.7. The number of fused-ring (bicyclic) bond motifs is 1. The number of amides is 2. The molecule has 0 atom stereocenters. The first-order valence-electron chi connectivity index (χ1n) is 7.87. The van der Waals surface area contributed by atoms with Crippen LogP contribution in [0.3, 0.4) is 0 Å². The maximum absolute atomic E-state index is 12.9. The third-order valence-electron chi connectivity index (χ3n) is 4.31. The average molecular weight is 378 g/mol. The SMILES string of the molecule is Cc1cc2c(cc1NC(=O)NCc1ccc(F)cc1)N(C)S(=O)(=O)N2C. The first kappa shape index (κ1) is 18.0. The molecule has 3 rings (SSSR count). The maximum Gasteiger partial charge on any atom is 0.326 e. The smallest absolute Gasteiger partial charge is 0.326 e. The monoisotopic (exact) mass is 378 g/mol. The van der Waals surface area contributed by atoms with Crippen molar-refractivity contribution in [3.8, 4) is 0 Å². The third kappa shape index (κ3) is 3.17. The minimum atomic E-state index is -3.57. The maximum atomic E-state index is 12.9. The van der Waals surface area contributed by atoms with Gasteiger partial charge >= 0.3 is 16.2 Å². The van der Waals surface area contributed by atoms with Gasteiger partial charge in [-0.15, -0.1) is 0 Å². The molecular formula is C17H19FN4O3S. The number of hydrogen-bond acceptors (Lipinski definition) is 3. The second-order valence-corrected chi connectivity index (χ2v) is 8.02. The molecule has 26 heavy (non-hydrogen) atoms. The molecule has 0 saturated carbocycles. The Hall–Kier alpha value is -2.81. The number of nitrogens with one attached hydrogen (secondary N) is 2. The van der Waals surface area contributed by atoms with E-state index in [1.54, 1.807) is 31.2 Å². The standard InChI is InChI=1S/C17H19FN4O3S/c1-11-8-15-16(22(3)26(24,25)21(15)2)9-14(11)20-17(23)19-10-12-4-6-13(18)7-5-12/h4-9H,10H2,1-3H3,(H2,19,20,23). The van der Waals surface area contributed by atoms with Gasteiger partial charge in [-0.25, -0.2) is 9.18 Å². The lowest BCUT2D eigenvalue weighted by molar-refractivity contribution is 0.251. The summed E-state index contributed by atoms with van der Waals surface area (Å²) in [7, 11) is -0.617. The van der Waals surface area contributed by atoms with E-state index in [0.29, 0.717) is 17.1 Å². The van der Waals surface area contributed by atoms with E-state index in [1.807, 2.05) is 0 Å². The molecule has 0 radical (unpaired) electrons. The third-order valence-corrected chi connectivity index (χ3v) is 6.08. The summed E-state index contributed by atoms with van der Waals surface area (Å²) in [4.78, 5) is 12.1. The van der Waals surface area contributed by atoms with Crippen molar-refractivity contribution in [3.63, 3.8) is 0 Å². The molecule has 1 aliphatic heterocycles. The number of anilines is 3. The fourth-order valence-electron chi connectivity index (χ4n) is 2.70. The second kappa shape index (κ2) is 6.49. The molecule has 0 aliphatic carbocycles. The summed E-state index contributed by atoms with van der Waals surface area (Å²) >= 11 is 0. The molecule has 0 spiro atoms. The quantitative estimate of drug-likeness (QED) is 0.861. The van der Waals surface area contributed by atoms with Crippen LogP contribution in [-0.2, 0) is 16.8 Å². The molecule has 2 amide bonds. The van der Waals surface area contributed by atoms with Crippen LogP contribution < -0.4 is 19.2 Å². The average Bonchev–Trinajstić information content (AvgIpc) is 2.76. The van der Waals surface area contributed by atoms with Crippen LogP contribution in [-0.4, -0.2) is 28.5 Å². The molecule has 1 heterocycles. The lowest BCUT2D eigenvalue weighted by atomic mass is 10.1. The highest BCUT2D eigenvalue weighted by Crippen LogP contribution is 2.41. The van der Waals surface area contributed by atoms with Gasteiger partial charge in [0.15, 0.2) is 0 Å². The molecule has 7 nitrogen and oxygen atoms in total. The summed E-state index contributed by atoms with van der Waals surface area (Å²) in [5.41, 5.74) is 3.06. The van der Waals surface area contributed by atoms with Crippen LogP contribution in [0.25, 0.3) is 0 Å². The fourth-order valence-corrected chi connectivity index (χ4v) is 3.86. The number of urea groups is 1. The van der Waals surface area contributed by atoms with Crippen LogP contribution in [0.2, 0.25) is 0 Å². The second-order valence-electron chi connectivity index (χ2n) is 6.03. The Kier molecular flexibility index (Phi) is 4.49. The molecule has 0 aromatic heterocycles. The van der Waals surface area contributed by atoms with Crippen molar-refractivity contribution in [3.05, 3.63) is 53.3 Å². The van der Waals surface area contributed by atoms with E-state index in [2.05, 4.69) is 10.6 Å². The molecule has 0 fully saturated rings. The van der Waals surface area contributed by atoms with Crippen LogP contribution >= 0.6 is 0 Å². The fraction of sp³-hybridized carbons (Fsp3) is 0.235. The van der Waals surface area contributed by atoms with Crippen LogP contribution in [0.15, 0.2) is 36.4 Å². The highest BCUT2D eigenvalue weighted by Gasteiger charge is 2.35. The molecule has 1 aliphatic rings. The van der Waals surface area contributed by atoms with Crippen molar-refractivity contribution < 1.29 is 17.6 Å². The zero-order valence-electron chi connectivity index (χ0n) is 14.6. The summed E-state index contributed by atoms with van der Waals surface area (Å²) in [5.74, 6) is -0.337. The van der Waals surface area contributed by atoms with Gasteiger partial charge in [-0.1, -0.05) is 12.1 Å². The number of carbonyl (C=O) groups is 1. The van der Waals surface area contributed by atoms with Gasteiger partial charge < -0.3 is 10.6 Å². The minimum Gasteiger partial charge on any atom is -0.334 e. The number of rotatable bonds is 3. The van der Waals surface area contributed by atoms with Crippen molar-refractivity contribution in [2.75, 3.05) is 28.0 Å². The number of benzene rings is 2. The number of nitrogens with zero attached hydrogens (tertiary/aromatic N) is 2. The summed E-state index contributed by atoms with van der Waals surface area (Å²) in [6.07, 6.45) is 0. The zero-order chi connectivity index (χ0) is 19.1. The van der Waals surface area contributed by atoms with Gasteiger partial charge in [0.25, 0.3) is 0 Å². The molecule has 9 heteroatoms. The zero-order valence-corrected chi connectivity index (χ0v) is 15.4. The van der Waals surface area contributed by atoms with E-state index in [9.17, 15) is 17.6 Å². The van der Waals surface area contributed by atoms with Crippen molar-refractivity contribution in [1.29, 1.82) is 0 Å². The molecular weight excluding hydrogens is 359 g/mol. The van der Waals surface area contributed by atoms with Gasteiger partial charge in [0.1, 0.15) is 5.82 Å². The van der Waals surface area contributed by atoms with Gasteiger partial charge in [0, 0.05) is 26.3 Å². The van der Waals surface area contributed by atoms with Crippen molar-refractivity contribution in [2.45, 2.75) is 13.5 Å². The topological polar surface area (TPSA) is 81.8 Å². The molecule has 0 bridgehead atoms. The van der Waals surface area contributed by atoms with Crippen LogP contribution in [0, 0.1) is 12.7 Å². The van der Waals surface area contributed by atoms with Gasteiger partial charge in [-0.05, 0) is 42.3 Å². The number of aryl methyl sites for hydroxylation is 1. The van der Waals surface area contributed by atoms with Gasteiger partial charge in [0.2, 0.25) is 0 Å². The van der Waals surface area contributed by atoms with Crippen LogP contribution in [0.1, 0.15) is 11.1 Å². The first-order chi connectivity index (χ1) is 12.2. The highest BCUT2D eigenvalue weighted by molar-refractivity contribution is 7.94. The predicted octanol–water partition coefficient (Wildman–Crippen LogP) is 2.59. The van der Waals surface area contributed by atoms with Gasteiger partial charge in [-0.3, -0.25) is 8.61 Å². The van der Waals surface area contributed by atoms with Crippen LogP contribution in [0.5, 0.6) is 0 Å². The summed E-state index contributed by atoms with van der Waals surface area (Å²) in [6, 6.07) is 8.74. The van der Waals surface area contributed by atoms with E-state index < -0.39 is 16.2 Å². The largest absolute Gasteiger partial charge is 0.334 e. The van der Waals surface area contributed by atoms with Crippen molar-refractivity contribution in [1.82, 2.24) is 5.32 Å². The molecule has 0 unspecified atom stereocenters. The van der Waals surface area contributed by atoms with E-state index in [1.165, 1.54) is 34.8 Å². The normalized spacial score (nSPS) is 14.9. The Morgan fingerprint density at radius 1 is 1.08 bits per heavy atom. The molecule has 0 saturated heterocycles. The summed E-state index contributed by atoms with van der Waals surface area (Å²) in [6.45, 7) is 2.03. The van der Waals surface area contributed by atoms with Gasteiger partial charge in [-0.2, -0.15) is 8.42 Å². The number of halogens is 1. The highest BCUT2D eigenvalue weighted by atomic mass is 32.2. The predicted molar refractivity (Wildman–Crippen MR) is 99.2 cm³/mol. The van der Waals surface area contributed by atoms with Crippen molar-refractivity contribution in [2.24, 2.45) is 0 Å². The lowest BCUT2D eigenvalue weighted by Gasteiger charge is -2.13. The van der Waals surface area contributed by atoms with Crippen molar-refractivity contribution >= 4 is 33.3 Å².